The van der Waals surface area contributed by atoms with Crippen LogP contribution in [0, 0.1) is 0 Å². The molecule has 0 aliphatic rings. The quantitative estimate of drug-likeness (QED) is 0.310. The molecule has 2 aromatic rings. The van der Waals surface area contributed by atoms with Gasteiger partial charge in [-0.1, -0.05) is 25.5 Å². The number of anilines is 1. The summed E-state index contributed by atoms with van der Waals surface area (Å²) in [7, 11) is 0. The first-order valence-electron chi connectivity index (χ1n) is 10.7. The van der Waals surface area contributed by atoms with Gasteiger partial charge in [0.25, 0.3) is 11.8 Å². The Hall–Kier alpha value is -3.35. The number of amides is 2. The highest BCUT2D eigenvalue weighted by Gasteiger charge is 2.08. The largest absolute Gasteiger partial charge is 0.494 e. The number of rotatable bonds is 12. The second-order valence-corrected chi connectivity index (χ2v) is 6.97. The fourth-order valence-electron chi connectivity index (χ4n) is 2.88. The maximum atomic E-state index is 12.2. The van der Waals surface area contributed by atoms with E-state index < -0.39 is 5.91 Å². The lowest BCUT2D eigenvalue weighted by Gasteiger charge is -2.20. The van der Waals surface area contributed by atoms with Gasteiger partial charge in [-0.25, -0.2) is 5.43 Å². The molecule has 7 heteroatoms. The molecule has 0 saturated carbocycles. The molecule has 0 aromatic heterocycles. The highest BCUT2D eigenvalue weighted by atomic mass is 16.5. The van der Waals surface area contributed by atoms with Crippen LogP contribution in [0.25, 0.3) is 0 Å². The number of hydrogen-bond acceptors (Lipinski definition) is 5. The minimum atomic E-state index is -0.399. The number of unbranched alkanes of at least 4 members (excludes halogenated alkanes) is 1. The highest BCUT2D eigenvalue weighted by molar-refractivity contribution is 5.96. The van der Waals surface area contributed by atoms with E-state index in [-0.39, 0.29) is 12.5 Å². The third-order valence-electron chi connectivity index (χ3n) is 4.72. The minimum absolute atomic E-state index is 0.161. The molecule has 0 saturated heterocycles. The number of hydrogen-bond donors (Lipinski definition) is 2. The lowest BCUT2D eigenvalue weighted by Crippen LogP contribution is -2.34. The SMILES string of the molecule is CCCCOc1ccc(C(=O)NCC(=O)NN=Cc2ccc(N(CC)CC)cc2)cc1. The lowest BCUT2D eigenvalue weighted by molar-refractivity contribution is -0.120. The van der Waals surface area contributed by atoms with Crippen LogP contribution in [0.3, 0.4) is 0 Å². The predicted octanol–water partition coefficient (Wildman–Crippen LogP) is 3.59. The molecule has 0 fully saturated rings. The molecule has 0 aliphatic carbocycles. The number of nitrogens with one attached hydrogen (secondary N) is 2. The van der Waals surface area contributed by atoms with Gasteiger partial charge < -0.3 is 15.0 Å². The van der Waals surface area contributed by atoms with Crippen LogP contribution in [0.15, 0.2) is 53.6 Å². The van der Waals surface area contributed by atoms with Crippen molar-refractivity contribution >= 4 is 23.7 Å². The van der Waals surface area contributed by atoms with Crippen molar-refractivity contribution in [1.82, 2.24) is 10.7 Å². The molecule has 0 spiro atoms. The number of nitrogens with zero attached hydrogens (tertiary/aromatic N) is 2. The van der Waals surface area contributed by atoms with E-state index in [4.69, 9.17) is 4.74 Å². The van der Waals surface area contributed by atoms with E-state index in [1.807, 2.05) is 24.3 Å². The van der Waals surface area contributed by atoms with Crippen LogP contribution in [0.5, 0.6) is 5.75 Å². The van der Waals surface area contributed by atoms with E-state index in [1.54, 1.807) is 30.5 Å². The second kappa shape index (κ2) is 13.1. The molecular weight excluding hydrogens is 392 g/mol. The Morgan fingerprint density at radius 2 is 1.68 bits per heavy atom. The Morgan fingerprint density at radius 3 is 2.29 bits per heavy atom. The second-order valence-electron chi connectivity index (χ2n) is 6.97. The van der Waals surface area contributed by atoms with Gasteiger partial charge in [0.15, 0.2) is 0 Å². The summed E-state index contributed by atoms with van der Waals surface area (Å²) in [6, 6.07) is 14.8. The third-order valence-corrected chi connectivity index (χ3v) is 4.72. The molecule has 31 heavy (non-hydrogen) atoms. The highest BCUT2D eigenvalue weighted by Crippen LogP contribution is 2.14. The van der Waals surface area contributed by atoms with Gasteiger partial charge in [-0.05, 0) is 62.2 Å². The maximum absolute atomic E-state index is 12.2. The lowest BCUT2D eigenvalue weighted by atomic mass is 10.2. The zero-order valence-electron chi connectivity index (χ0n) is 18.6. The van der Waals surface area contributed by atoms with Gasteiger partial charge >= 0.3 is 0 Å². The van der Waals surface area contributed by atoms with Crippen molar-refractivity contribution in [3.8, 4) is 5.75 Å². The van der Waals surface area contributed by atoms with Crippen LogP contribution in [0.1, 0.15) is 49.5 Å². The normalized spacial score (nSPS) is 10.7. The summed E-state index contributed by atoms with van der Waals surface area (Å²) in [4.78, 5) is 26.4. The van der Waals surface area contributed by atoms with Crippen molar-refractivity contribution < 1.29 is 14.3 Å². The Balaban J connectivity index is 1.75. The van der Waals surface area contributed by atoms with E-state index in [9.17, 15) is 9.59 Å². The molecule has 0 radical (unpaired) electrons. The predicted molar refractivity (Wildman–Crippen MR) is 125 cm³/mol. The van der Waals surface area contributed by atoms with Crippen LogP contribution >= 0.6 is 0 Å². The van der Waals surface area contributed by atoms with Crippen molar-refractivity contribution in [2.75, 3.05) is 31.1 Å². The summed E-state index contributed by atoms with van der Waals surface area (Å²) in [6.07, 6.45) is 3.62. The summed E-state index contributed by atoms with van der Waals surface area (Å²) in [5.41, 5.74) is 4.91. The van der Waals surface area contributed by atoms with Gasteiger partial charge in [-0.3, -0.25) is 9.59 Å². The van der Waals surface area contributed by atoms with Gasteiger partial charge in [0.2, 0.25) is 0 Å². The summed E-state index contributed by atoms with van der Waals surface area (Å²) >= 11 is 0. The van der Waals surface area contributed by atoms with Crippen molar-refractivity contribution in [2.24, 2.45) is 5.10 Å². The standard InChI is InChI=1S/C24H32N4O3/c1-4-7-16-31-22-14-10-20(11-15-22)24(30)25-18-23(29)27-26-17-19-8-12-21(13-9-19)28(5-2)6-3/h8-15,17H,4-7,16,18H2,1-3H3,(H,25,30)(H,27,29). The summed E-state index contributed by atoms with van der Waals surface area (Å²) in [5, 5.41) is 6.53. The van der Waals surface area contributed by atoms with E-state index >= 15 is 0 Å². The first-order chi connectivity index (χ1) is 15.1. The molecule has 2 rings (SSSR count). The fraction of sp³-hybridized carbons (Fsp3) is 0.375. The van der Waals surface area contributed by atoms with Gasteiger partial charge in [0.1, 0.15) is 5.75 Å². The number of carbonyl (C=O) groups excluding carboxylic acids is 2. The zero-order valence-corrected chi connectivity index (χ0v) is 18.6. The van der Waals surface area contributed by atoms with Gasteiger partial charge in [0, 0.05) is 24.3 Å². The molecule has 0 bridgehead atoms. The van der Waals surface area contributed by atoms with Crippen molar-refractivity contribution in [1.29, 1.82) is 0 Å². The molecular formula is C24H32N4O3. The third kappa shape index (κ3) is 8.12. The Morgan fingerprint density at radius 1 is 1.00 bits per heavy atom. The Bertz CT molecular complexity index is 844. The molecule has 2 amide bonds. The molecule has 2 aromatic carbocycles. The van der Waals surface area contributed by atoms with Crippen molar-refractivity contribution in [2.45, 2.75) is 33.6 Å². The average molecular weight is 425 g/mol. The van der Waals surface area contributed by atoms with Gasteiger partial charge in [-0.2, -0.15) is 5.10 Å². The monoisotopic (exact) mass is 424 g/mol. The van der Waals surface area contributed by atoms with Gasteiger partial charge in [-0.15, -0.1) is 0 Å². The van der Waals surface area contributed by atoms with Crippen LogP contribution in [-0.2, 0) is 4.79 Å². The average Bonchev–Trinajstić information content (AvgIpc) is 2.80. The number of hydrazone groups is 1. The molecule has 0 unspecified atom stereocenters. The summed E-state index contributed by atoms with van der Waals surface area (Å²) in [5.74, 6) is -0.00248. The van der Waals surface area contributed by atoms with Crippen LogP contribution in [-0.4, -0.2) is 44.3 Å². The number of ether oxygens (including phenoxy) is 1. The van der Waals surface area contributed by atoms with Crippen LogP contribution < -0.4 is 20.4 Å². The molecule has 166 valence electrons. The summed E-state index contributed by atoms with van der Waals surface area (Å²) < 4.78 is 5.58. The Labute approximate surface area is 184 Å². The van der Waals surface area contributed by atoms with Gasteiger partial charge in [0.05, 0.1) is 19.4 Å². The topological polar surface area (TPSA) is 83.0 Å². The summed E-state index contributed by atoms with van der Waals surface area (Å²) in [6.45, 7) is 8.72. The molecule has 0 aliphatic heterocycles. The number of carbonyl (C=O) groups is 2. The maximum Gasteiger partial charge on any atom is 0.259 e. The van der Waals surface area contributed by atoms with E-state index in [0.717, 1.165) is 42.9 Å². The molecule has 0 heterocycles. The molecule has 2 N–H and O–H groups in total. The first kappa shape index (κ1) is 23.9. The van der Waals surface area contributed by atoms with Crippen LogP contribution in [0.2, 0.25) is 0 Å². The fourth-order valence-corrected chi connectivity index (χ4v) is 2.88. The van der Waals surface area contributed by atoms with E-state index in [1.165, 1.54) is 0 Å². The Kier molecular flexibility index (Phi) is 10.1. The first-order valence-corrected chi connectivity index (χ1v) is 10.7. The van der Waals surface area contributed by atoms with Crippen molar-refractivity contribution in [3.63, 3.8) is 0 Å². The minimum Gasteiger partial charge on any atom is -0.494 e. The zero-order chi connectivity index (χ0) is 22.5. The smallest absolute Gasteiger partial charge is 0.259 e. The molecule has 7 nitrogen and oxygen atoms in total. The number of benzene rings is 2. The van der Waals surface area contributed by atoms with Crippen molar-refractivity contribution in [3.05, 3.63) is 59.7 Å². The van der Waals surface area contributed by atoms with E-state index in [2.05, 4.69) is 41.5 Å². The van der Waals surface area contributed by atoms with E-state index in [0.29, 0.717) is 12.2 Å². The molecule has 0 atom stereocenters. The van der Waals surface area contributed by atoms with Crippen LogP contribution in [0.4, 0.5) is 5.69 Å².